The van der Waals surface area contributed by atoms with Crippen LogP contribution in [0.1, 0.15) is 22.3 Å². The molecule has 2 aliphatic rings. The Hall–Kier alpha value is -8.74. The lowest BCUT2D eigenvalue weighted by atomic mass is 9.65. The number of pyridine rings is 1. The minimum atomic E-state index is -0.587. The molecule has 1 spiro atoms. The summed E-state index contributed by atoms with van der Waals surface area (Å²) in [6.45, 7) is 0. The number of furan rings is 1. The molecule has 0 amide bonds. The molecule has 4 heterocycles. The second-order valence-electron chi connectivity index (χ2n) is 16.8. The number of nitrogens with zero attached hydrogens (tertiary/aromatic N) is 4. The lowest BCUT2D eigenvalue weighted by molar-refractivity contribution is 0.437. The van der Waals surface area contributed by atoms with Gasteiger partial charge in [0, 0.05) is 54.9 Å². The van der Waals surface area contributed by atoms with Crippen molar-refractivity contribution in [2.45, 2.75) is 5.41 Å². The molecule has 65 heavy (non-hydrogen) atoms. The predicted octanol–water partition coefficient (Wildman–Crippen LogP) is 14.6. The zero-order chi connectivity index (χ0) is 42.6. The predicted molar refractivity (Wildman–Crippen MR) is 259 cm³/mol. The molecule has 302 valence electrons. The first-order valence-corrected chi connectivity index (χ1v) is 21.9. The summed E-state index contributed by atoms with van der Waals surface area (Å²) in [5, 5.41) is 5.16. The summed E-state index contributed by atoms with van der Waals surface area (Å²) in [7, 11) is 0. The third-order valence-electron chi connectivity index (χ3n) is 13.4. The van der Waals surface area contributed by atoms with Gasteiger partial charge in [-0.25, -0.2) is 19.9 Å². The first kappa shape index (κ1) is 35.8. The van der Waals surface area contributed by atoms with E-state index in [9.17, 15) is 0 Å². The summed E-state index contributed by atoms with van der Waals surface area (Å²) >= 11 is 0. The summed E-state index contributed by atoms with van der Waals surface area (Å²) in [4.78, 5) is 20.9. The van der Waals surface area contributed by atoms with Gasteiger partial charge < -0.3 is 9.15 Å². The highest BCUT2D eigenvalue weighted by atomic mass is 16.5. The molecule has 0 unspecified atom stereocenters. The van der Waals surface area contributed by atoms with Gasteiger partial charge in [0.25, 0.3) is 0 Å². The third kappa shape index (κ3) is 5.16. The lowest BCUT2D eigenvalue weighted by Crippen LogP contribution is -2.32. The Morgan fingerprint density at radius 2 is 0.938 bits per heavy atom. The topological polar surface area (TPSA) is 73.9 Å². The van der Waals surface area contributed by atoms with E-state index in [1.807, 2.05) is 60.7 Å². The molecule has 1 aliphatic carbocycles. The van der Waals surface area contributed by atoms with Crippen LogP contribution in [0.2, 0.25) is 0 Å². The molecule has 0 bridgehead atoms. The Bertz CT molecular complexity index is 3900. The van der Waals surface area contributed by atoms with Crippen molar-refractivity contribution in [3.05, 3.63) is 229 Å². The van der Waals surface area contributed by atoms with Crippen molar-refractivity contribution in [2.24, 2.45) is 0 Å². The van der Waals surface area contributed by atoms with Gasteiger partial charge >= 0.3 is 0 Å². The molecule has 0 atom stereocenters. The van der Waals surface area contributed by atoms with E-state index < -0.39 is 5.41 Å². The summed E-state index contributed by atoms with van der Waals surface area (Å²) in [6.07, 6.45) is 0. The lowest BCUT2D eigenvalue weighted by Gasteiger charge is -2.39. The standard InChI is InChI=1S/C59H34N4O2/c1-2-16-35(17-3-1)56-61-57(63-58(62-56)42-24-15-31-52-54(42)41-23-7-12-29-50(41)64-52)37-19-14-18-36(32-37)55-44-34-53-48(33-43(44)40-22-6-11-28-49(40)60-55)59(47-27-10-13-30-51(47)65-53)45-25-8-4-20-38(45)39-21-5-9-26-46(39)59/h1-34H. The van der Waals surface area contributed by atoms with Crippen LogP contribution < -0.4 is 4.74 Å². The van der Waals surface area contributed by atoms with E-state index in [-0.39, 0.29) is 0 Å². The van der Waals surface area contributed by atoms with Gasteiger partial charge in [0.2, 0.25) is 0 Å². The van der Waals surface area contributed by atoms with E-state index in [0.29, 0.717) is 17.5 Å². The first-order chi connectivity index (χ1) is 32.2. The minimum Gasteiger partial charge on any atom is -0.457 e. The Kier molecular flexibility index (Phi) is 7.51. The fraction of sp³-hybridized carbons (Fsp3) is 0.0169. The molecule has 1 aliphatic heterocycles. The Morgan fingerprint density at radius 1 is 0.338 bits per heavy atom. The van der Waals surface area contributed by atoms with Crippen LogP contribution in [0.25, 0.3) is 100 Å². The number of fused-ring (bicyclic) bond motifs is 15. The summed E-state index contributed by atoms with van der Waals surface area (Å²) in [5.41, 5.74) is 13.6. The zero-order valence-electron chi connectivity index (χ0n) is 34.7. The Labute approximate surface area is 373 Å². The van der Waals surface area contributed by atoms with Crippen molar-refractivity contribution in [2.75, 3.05) is 0 Å². The molecular formula is C59H34N4O2. The molecule has 0 saturated carbocycles. The monoisotopic (exact) mass is 830 g/mol. The van der Waals surface area contributed by atoms with Crippen molar-refractivity contribution in [1.29, 1.82) is 0 Å². The van der Waals surface area contributed by atoms with E-state index in [4.69, 9.17) is 29.1 Å². The van der Waals surface area contributed by atoms with Crippen LogP contribution in [-0.2, 0) is 5.41 Å². The zero-order valence-corrected chi connectivity index (χ0v) is 34.7. The van der Waals surface area contributed by atoms with Crippen LogP contribution in [-0.4, -0.2) is 19.9 Å². The van der Waals surface area contributed by atoms with Gasteiger partial charge in [-0.1, -0.05) is 164 Å². The fourth-order valence-corrected chi connectivity index (χ4v) is 10.6. The van der Waals surface area contributed by atoms with Gasteiger partial charge in [-0.05, 0) is 70.1 Å². The quantitative estimate of drug-likeness (QED) is 0.165. The van der Waals surface area contributed by atoms with E-state index in [2.05, 4.69) is 146 Å². The van der Waals surface area contributed by atoms with Gasteiger partial charge in [-0.15, -0.1) is 0 Å². The van der Waals surface area contributed by atoms with Gasteiger partial charge in [0.15, 0.2) is 17.5 Å². The van der Waals surface area contributed by atoms with Crippen molar-refractivity contribution >= 4 is 43.6 Å². The van der Waals surface area contributed by atoms with Crippen LogP contribution in [0.5, 0.6) is 11.5 Å². The molecule has 0 N–H and O–H groups in total. The van der Waals surface area contributed by atoms with Crippen molar-refractivity contribution in [1.82, 2.24) is 19.9 Å². The molecule has 9 aromatic carbocycles. The largest absolute Gasteiger partial charge is 0.457 e. The summed E-state index contributed by atoms with van der Waals surface area (Å²) in [6, 6.07) is 71.9. The molecule has 0 saturated heterocycles. The highest BCUT2D eigenvalue weighted by molar-refractivity contribution is 6.13. The van der Waals surface area contributed by atoms with Crippen molar-refractivity contribution in [3.8, 4) is 68.0 Å². The van der Waals surface area contributed by atoms with E-state index in [1.54, 1.807) is 0 Å². The maximum atomic E-state index is 7.00. The average Bonchev–Trinajstić information content (AvgIpc) is 3.90. The van der Waals surface area contributed by atoms with Gasteiger partial charge in [-0.2, -0.15) is 0 Å². The van der Waals surface area contributed by atoms with Crippen LogP contribution in [0.15, 0.2) is 211 Å². The molecule has 6 heteroatoms. The van der Waals surface area contributed by atoms with Crippen LogP contribution >= 0.6 is 0 Å². The van der Waals surface area contributed by atoms with Crippen molar-refractivity contribution in [3.63, 3.8) is 0 Å². The normalized spacial score (nSPS) is 13.2. The molecule has 0 radical (unpaired) electrons. The first-order valence-electron chi connectivity index (χ1n) is 21.9. The number of ether oxygens (including phenoxy) is 1. The van der Waals surface area contributed by atoms with Crippen LogP contribution in [0, 0.1) is 0 Å². The second-order valence-corrected chi connectivity index (χ2v) is 16.8. The molecule has 6 nitrogen and oxygen atoms in total. The number of hydrogen-bond acceptors (Lipinski definition) is 6. The van der Waals surface area contributed by atoms with E-state index in [0.717, 1.165) is 94.2 Å². The highest BCUT2D eigenvalue weighted by Gasteiger charge is 2.51. The number of rotatable bonds is 4. The number of aromatic nitrogens is 4. The average molecular weight is 831 g/mol. The van der Waals surface area contributed by atoms with Crippen LogP contribution in [0.3, 0.4) is 0 Å². The minimum absolute atomic E-state index is 0.559. The van der Waals surface area contributed by atoms with Gasteiger partial charge in [0.05, 0.1) is 16.6 Å². The van der Waals surface area contributed by atoms with E-state index in [1.165, 1.54) is 22.3 Å². The molecule has 12 aromatic rings. The maximum absolute atomic E-state index is 7.00. The molecule has 0 fully saturated rings. The number of para-hydroxylation sites is 3. The van der Waals surface area contributed by atoms with Gasteiger partial charge in [-0.3, -0.25) is 0 Å². The summed E-state index contributed by atoms with van der Waals surface area (Å²) in [5.74, 6) is 3.38. The van der Waals surface area contributed by atoms with Crippen molar-refractivity contribution < 1.29 is 9.15 Å². The molecule has 14 rings (SSSR count). The summed E-state index contributed by atoms with van der Waals surface area (Å²) < 4.78 is 13.3. The maximum Gasteiger partial charge on any atom is 0.164 e. The number of benzene rings is 9. The van der Waals surface area contributed by atoms with E-state index >= 15 is 0 Å². The Morgan fingerprint density at radius 3 is 1.77 bits per heavy atom. The SMILES string of the molecule is c1ccc(-c2nc(-c3cccc(-c4nc5ccccc5c5cc6c(cc45)Oc4ccccc4C64c5ccccc5-c5ccccc54)c3)nc(-c3cccc4oc5ccccc5c34)n2)cc1. The second kappa shape index (κ2) is 13.6. The number of hydrogen-bond donors (Lipinski definition) is 0. The van der Waals surface area contributed by atoms with Crippen LogP contribution in [0.4, 0.5) is 0 Å². The Balaban J connectivity index is 0.997. The highest BCUT2D eigenvalue weighted by Crippen LogP contribution is 2.62. The van der Waals surface area contributed by atoms with Gasteiger partial charge in [0.1, 0.15) is 22.7 Å². The smallest absolute Gasteiger partial charge is 0.164 e. The molecule has 3 aromatic heterocycles. The fourth-order valence-electron chi connectivity index (χ4n) is 10.6. The molecular weight excluding hydrogens is 797 g/mol. The third-order valence-corrected chi connectivity index (χ3v) is 13.4.